The molecule has 4 nitrogen and oxygen atoms in total. The summed E-state index contributed by atoms with van der Waals surface area (Å²) in [5.74, 6) is -0.837. The van der Waals surface area contributed by atoms with E-state index in [9.17, 15) is 0 Å². The van der Waals surface area contributed by atoms with E-state index < -0.39 is 5.79 Å². The summed E-state index contributed by atoms with van der Waals surface area (Å²) in [6.07, 6.45) is 1.94. The van der Waals surface area contributed by atoms with E-state index in [1.54, 1.807) is 0 Å². The molecule has 0 aliphatic carbocycles. The first-order chi connectivity index (χ1) is 11.8. The predicted molar refractivity (Wildman–Crippen MR) is 93.5 cm³/mol. The van der Waals surface area contributed by atoms with Crippen LogP contribution in [0.15, 0.2) is 60.7 Å². The van der Waals surface area contributed by atoms with Crippen LogP contribution >= 0.6 is 0 Å². The van der Waals surface area contributed by atoms with Gasteiger partial charge in [0.05, 0.1) is 6.61 Å². The summed E-state index contributed by atoms with van der Waals surface area (Å²) in [5, 5.41) is 3.55. The van der Waals surface area contributed by atoms with Gasteiger partial charge in [0.15, 0.2) is 0 Å². The molecule has 2 aromatic carbocycles. The molecule has 0 unspecified atom stereocenters. The molecule has 24 heavy (non-hydrogen) atoms. The van der Waals surface area contributed by atoms with E-state index in [1.165, 1.54) is 0 Å². The molecule has 0 amide bonds. The molecule has 0 bridgehead atoms. The molecule has 4 rings (SSSR count). The Morgan fingerprint density at radius 1 is 0.958 bits per heavy atom. The van der Waals surface area contributed by atoms with Crippen molar-refractivity contribution in [1.29, 1.82) is 0 Å². The van der Waals surface area contributed by atoms with Gasteiger partial charge < -0.3 is 20.5 Å². The maximum absolute atomic E-state index is 6.57. The Morgan fingerprint density at radius 3 is 2.17 bits per heavy atom. The summed E-state index contributed by atoms with van der Waals surface area (Å²) in [4.78, 5) is 0. The van der Waals surface area contributed by atoms with Crippen LogP contribution in [-0.2, 0) is 15.3 Å². The van der Waals surface area contributed by atoms with Crippen molar-refractivity contribution in [1.82, 2.24) is 5.32 Å². The molecular weight excluding hydrogens is 300 g/mol. The van der Waals surface area contributed by atoms with Gasteiger partial charge in [-0.2, -0.15) is 0 Å². The molecule has 2 aliphatic rings. The van der Waals surface area contributed by atoms with Gasteiger partial charge in [-0.1, -0.05) is 60.7 Å². The molecule has 2 fully saturated rings. The Morgan fingerprint density at radius 2 is 1.58 bits per heavy atom. The third-order valence-corrected chi connectivity index (χ3v) is 5.00. The molecule has 126 valence electrons. The molecule has 2 aliphatic heterocycles. The van der Waals surface area contributed by atoms with Gasteiger partial charge in [0.25, 0.3) is 0 Å². The Balaban J connectivity index is 1.66. The maximum atomic E-state index is 6.57. The average molecular weight is 324 g/mol. The Kier molecular flexibility index (Phi) is 4.37. The molecule has 3 atom stereocenters. The largest absolute Gasteiger partial charge is 0.339 e. The molecule has 4 heteroatoms. The van der Waals surface area contributed by atoms with Crippen molar-refractivity contribution in [2.45, 2.75) is 36.8 Å². The van der Waals surface area contributed by atoms with Crippen molar-refractivity contribution >= 4 is 0 Å². The maximum Gasteiger partial charge on any atom is 0.222 e. The van der Waals surface area contributed by atoms with Crippen LogP contribution in [0, 0.1) is 0 Å². The number of piperidine rings is 1. The van der Waals surface area contributed by atoms with E-state index in [1.807, 2.05) is 36.4 Å². The molecule has 2 saturated heterocycles. The molecule has 2 heterocycles. The van der Waals surface area contributed by atoms with Gasteiger partial charge in [-0.05, 0) is 19.4 Å². The molecule has 0 spiro atoms. The third kappa shape index (κ3) is 2.87. The highest BCUT2D eigenvalue weighted by Crippen LogP contribution is 2.41. The van der Waals surface area contributed by atoms with E-state index in [0.717, 1.165) is 30.5 Å². The van der Waals surface area contributed by atoms with E-state index in [4.69, 9.17) is 15.2 Å². The van der Waals surface area contributed by atoms with E-state index in [0.29, 0.717) is 6.61 Å². The third-order valence-electron chi connectivity index (χ3n) is 5.00. The lowest BCUT2D eigenvalue weighted by molar-refractivity contribution is -0.146. The van der Waals surface area contributed by atoms with Gasteiger partial charge in [0.1, 0.15) is 6.10 Å². The smallest absolute Gasteiger partial charge is 0.222 e. The van der Waals surface area contributed by atoms with Crippen LogP contribution in [0.5, 0.6) is 0 Å². The highest BCUT2D eigenvalue weighted by molar-refractivity contribution is 5.34. The van der Waals surface area contributed by atoms with Crippen molar-refractivity contribution in [2.24, 2.45) is 5.73 Å². The Bertz CT molecular complexity index is 622. The van der Waals surface area contributed by atoms with Gasteiger partial charge in [-0.25, -0.2) is 0 Å². The van der Waals surface area contributed by atoms with Gasteiger partial charge >= 0.3 is 0 Å². The van der Waals surface area contributed by atoms with Gasteiger partial charge in [0.2, 0.25) is 5.79 Å². The van der Waals surface area contributed by atoms with Crippen molar-refractivity contribution in [3.8, 4) is 0 Å². The standard InChI is InChI=1S/C20H24N2O2/c21-17-11-12-22-18(13-17)19-14-23-20(24-19,15-7-3-1-4-8-15)16-9-5-2-6-10-16/h1-10,17-19,22H,11-14,21H2/t17-,18+,19+/m1/s1. The van der Waals surface area contributed by atoms with Gasteiger partial charge in [-0.3, -0.25) is 0 Å². The molecule has 3 N–H and O–H groups in total. The average Bonchev–Trinajstić information content (AvgIpc) is 3.10. The van der Waals surface area contributed by atoms with Crippen molar-refractivity contribution < 1.29 is 9.47 Å². The zero-order valence-corrected chi connectivity index (χ0v) is 13.7. The van der Waals surface area contributed by atoms with Crippen LogP contribution in [0.3, 0.4) is 0 Å². The topological polar surface area (TPSA) is 56.5 Å². The van der Waals surface area contributed by atoms with Crippen molar-refractivity contribution in [2.75, 3.05) is 13.2 Å². The minimum atomic E-state index is -0.837. The number of hydrogen-bond donors (Lipinski definition) is 2. The van der Waals surface area contributed by atoms with Crippen molar-refractivity contribution in [3.63, 3.8) is 0 Å². The second-order valence-electron chi connectivity index (χ2n) is 6.66. The second kappa shape index (κ2) is 6.65. The van der Waals surface area contributed by atoms with Gasteiger partial charge in [0, 0.05) is 23.2 Å². The molecule has 0 radical (unpaired) electrons. The fourth-order valence-electron chi connectivity index (χ4n) is 3.73. The molecular formula is C20H24N2O2. The summed E-state index contributed by atoms with van der Waals surface area (Å²) >= 11 is 0. The van der Waals surface area contributed by atoms with E-state index in [-0.39, 0.29) is 18.2 Å². The van der Waals surface area contributed by atoms with Crippen LogP contribution in [0.1, 0.15) is 24.0 Å². The normalized spacial score (nSPS) is 29.5. The zero-order valence-electron chi connectivity index (χ0n) is 13.7. The van der Waals surface area contributed by atoms with Gasteiger partial charge in [-0.15, -0.1) is 0 Å². The highest BCUT2D eigenvalue weighted by atomic mass is 16.7. The van der Waals surface area contributed by atoms with Crippen LogP contribution in [-0.4, -0.2) is 31.3 Å². The Labute approximate surface area is 143 Å². The Hall–Kier alpha value is -1.72. The van der Waals surface area contributed by atoms with Crippen molar-refractivity contribution in [3.05, 3.63) is 71.8 Å². The lowest BCUT2D eigenvalue weighted by Crippen LogP contribution is -2.50. The minimum Gasteiger partial charge on any atom is -0.339 e. The monoisotopic (exact) mass is 324 g/mol. The SMILES string of the molecule is N[C@@H]1CCN[C@H]([C@@H]2COC(c3ccccc3)(c3ccccc3)O2)C1. The lowest BCUT2D eigenvalue weighted by Gasteiger charge is -2.33. The summed E-state index contributed by atoms with van der Waals surface area (Å²) < 4.78 is 12.9. The first-order valence-corrected chi connectivity index (χ1v) is 8.70. The quantitative estimate of drug-likeness (QED) is 0.910. The zero-order chi connectivity index (χ0) is 16.4. The minimum absolute atomic E-state index is 0.00300. The summed E-state index contributed by atoms with van der Waals surface area (Å²) in [5.41, 5.74) is 8.20. The number of nitrogens with one attached hydrogen (secondary N) is 1. The van der Waals surface area contributed by atoms with Crippen LogP contribution in [0.4, 0.5) is 0 Å². The highest BCUT2D eigenvalue weighted by Gasteiger charge is 2.47. The van der Waals surface area contributed by atoms with Crippen LogP contribution in [0.2, 0.25) is 0 Å². The number of hydrogen-bond acceptors (Lipinski definition) is 4. The van der Waals surface area contributed by atoms with Crippen LogP contribution in [0.25, 0.3) is 0 Å². The lowest BCUT2D eigenvalue weighted by atomic mass is 9.95. The molecule has 2 aromatic rings. The first kappa shape index (κ1) is 15.8. The molecule has 0 aromatic heterocycles. The van der Waals surface area contributed by atoms with E-state index in [2.05, 4.69) is 29.6 Å². The fraction of sp³-hybridized carbons (Fsp3) is 0.400. The number of benzene rings is 2. The first-order valence-electron chi connectivity index (χ1n) is 8.70. The number of rotatable bonds is 3. The number of ether oxygens (including phenoxy) is 2. The van der Waals surface area contributed by atoms with Crippen LogP contribution < -0.4 is 11.1 Å². The summed E-state index contributed by atoms with van der Waals surface area (Å²) in [6, 6.07) is 20.8. The van der Waals surface area contributed by atoms with E-state index >= 15 is 0 Å². The second-order valence-corrected chi connectivity index (χ2v) is 6.66. The summed E-state index contributed by atoms with van der Waals surface area (Å²) in [7, 11) is 0. The predicted octanol–water partition coefficient (Wildman–Crippen LogP) is 2.38. The molecule has 0 saturated carbocycles. The number of nitrogens with two attached hydrogens (primary N) is 1. The fourth-order valence-corrected chi connectivity index (χ4v) is 3.73. The summed E-state index contributed by atoms with van der Waals surface area (Å²) in [6.45, 7) is 1.50.